The highest BCUT2D eigenvalue weighted by Crippen LogP contribution is 2.05. The molecule has 0 aliphatic carbocycles. The summed E-state index contributed by atoms with van der Waals surface area (Å²) in [7, 11) is 0. The molecule has 5 heteroatoms. The first-order valence-electron chi connectivity index (χ1n) is 7.17. The summed E-state index contributed by atoms with van der Waals surface area (Å²) in [5.74, 6) is -0.218. The second-order valence-corrected chi connectivity index (χ2v) is 5.59. The Kier molecular flexibility index (Phi) is 6.72. The molecule has 0 bridgehead atoms. The molecule has 0 saturated heterocycles. The van der Waals surface area contributed by atoms with Crippen molar-refractivity contribution in [3.8, 4) is 0 Å². The Hall–Kier alpha value is -2.04. The van der Waals surface area contributed by atoms with Gasteiger partial charge in [0, 0.05) is 6.04 Å². The first kappa shape index (κ1) is 17.0. The van der Waals surface area contributed by atoms with Crippen LogP contribution in [0.1, 0.15) is 33.3 Å². The van der Waals surface area contributed by atoms with Gasteiger partial charge in [0.2, 0.25) is 5.91 Å². The van der Waals surface area contributed by atoms with E-state index in [1.54, 1.807) is 0 Å². The van der Waals surface area contributed by atoms with Gasteiger partial charge in [-0.1, -0.05) is 44.2 Å². The first-order chi connectivity index (χ1) is 9.90. The number of amides is 2. The van der Waals surface area contributed by atoms with Crippen LogP contribution in [0.4, 0.5) is 4.79 Å². The minimum atomic E-state index is -0.601. The molecule has 5 nitrogen and oxygen atoms in total. The molecule has 0 heterocycles. The van der Waals surface area contributed by atoms with E-state index in [4.69, 9.17) is 4.74 Å². The molecule has 0 spiro atoms. The third-order valence-corrected chi connectivity index (χ3v) is 2.87. The lowest BCUT2D eigenvalue weighted by Gasteiger charge is -2.22. The third-order valence-electron chi connectivity index (χ3n) is 2.87. The number of carbonyl (C=O) groups excluding carboxylic acids is 2. The van der Waals surface area contributed by atoms with E-state index in [1.807, 2.05) is 58.0 Å². The zero-order valence-electron chi connectivity index (χ0n) is 13.1. The second kappa shape index (κ2) is 8.29. The lowest BCUT2D eigenvalue weighted by Crippen LogP contribution is -2.51. The van der Waals surface area contributed by atoms with Crippen molar-refractivity contribution in [1.82, 2.24) is 10.6 Å². The fourth-order valence-electron chi connectivity index (χ4n) is 1.80. The van der Waals surface area contributed by atoms with Crippen molar-refractivity contribution in [3.63, 3.8) is 0 Å². The standard InChI is InChI=1S/C16H24N2O3/c1-11(2)14(15(19)17-12(3)4)18-16(20)21-10-13-8-6-5-7-9-13/h5-9,11-12,14H,10H2,1-4H3,(H,17,19)(H,18,20). The van der Waals surface area contributed by atoms with Crippen molar-refractivity contribution < 1.29 is 14.3 Å². The molecule has 0 aliphatic rings. The summed E-state index contributed by atoms with van der Waals surface area (Å²) in [6.07, 6.45) is -0.587. The zero-order chi connectivity index (χ0) is 15.8. The topological polar surface area (TPSA) is 67.4 Å². The van der Waals surface area contributed by atoms with Gasteiger partial charge in [0.05, 0.1) is 0 Å². The molecule has 0 radical (unpaired) electrons. The number of ether oxygens (including phenoxy) is 1. The highest BCUT2D eigenvalue weighted by Gasteiger charge is 2.25. The molecule has 1 aromatic rings. The van der Waals surface area contributed by atoms with Crippen LogP contribution < -0.4 is 10.6 Å². The van der Waals surface area contributed by atoms with E-state index in [0.29, 0.717) is 0 Å². The van der Waals surface area contributed by atoms with Gasteiger partial charge in [0.1, 0.15) is 12.6 Å². The number of rotatable bonds is 6. The van der Waals surface area contributed by atoms with Crippen LogP contribution in [-0.2, 0) is 16.1 Å². The van der Waals surface area contributed by atoms with Gasteiger partial charge in [-0.05, 0) is 25.3 Å². The maximum Gasteiger partial charge on any atom is 0.408 e. The maximum atomic E-state index is 12.0. The Labute approximate surface area is 126 Å². The molecule has 2 amide bonds. The van der Waals surface area contributed by atoms with Crippen molar-refractivity contribution in [2.45, 2.75) is 46.4 Å². The van der Waals surface area contributed by atoms with Gasteiger partial charge < -0.3 is 15.4 Å². The van der Waals surface area contributed by atoms with E-state index in [0.717, 1.165) is 5.56 Å². The van der Waals surface area contributed by atoms with E-state index in [-0.39, 0.29) is 24.5 Å². The van der Waals surface area contributed by atoms with Crippen LogP contribution in [-0.4, -0.2) is 24.1 Å². The molecular formula is C16H24N2O3. The summed E-state index contributed by atoms with van der Waals surface area (Å²) in [5, 5.41) is 5.41. The number of nitrogens with one attached hydrogen (secondary N) is 2. The lowest BCUT2D eigenvalue weighted by atomic mass is 10.0. The lowest BCUT2D eigenvalue weighted by molar-refractivity contribution is -0.124. The minimum absolute atomic E-state index is 0.0203. The first-order valence-corrected chi connectivity index (χ1v) is 7.17. The molecule has 0 saturated carbocycles. The molecular weight excluding hydrogens is 268 g/mol. The summed E-state index contributed by atoms with van der Waals surface area (Å²) in [6, 6.07) is 8.83. The van der Waals surface area contributed by atoms with Crippen LogP contribution in [0.3, 0.4) is 0 Å². The molecule has 116 valence electrons. The molecule has 1 aromatic carbocycles. The number of carbonyl (C=O) groups is 2. The minimum Gasteiger partial charge on any atom is -0.445 e. The Bertz CT molecular complexity index is 458. The van der Waals surface area contributed by atoms with Crippen LogP contribution in [0, 0.1) is 5.92 Å². The van der Waals surface area contributed by atoms with Gasteiger partial charge in [-0.25, -0.2) is 4.79 Å². The van der Waals surface area contributed by atoms with E-state index >= 15 is 0 Å². The highest BCUT2D eigenvalue weighted by molar-refractivity contribution is 5.86. The van der Waals surface area contributed by atoms with E-state index in [9.17, 15) is 9.59 Å². The van der Waals surface area contributed by atoms with Gasteiger partial charge in [-0.15, -0.1) is 0 Å². The molecule has 1 unspecified atom stereocenters. The van der Waals surface area contributed by atoms with Crippen LogP contribution in [0.2, 0.25) is 0 Å². The number of hydrogen-bond acceptors (Lipinski definition) is 3. The fraction of sp³-hybridized carbons (Fsp3) is 0.500. The Balaban J connectivity index is 2.51. The molecule has 21 heavy (non-hydrogen) atoms. The Morgan fingerprint density at radius 3 is 2.19 bits per heavy atom. The number of alkyl carbamates (subject to hydrolysis) is 1. The monoisotopic (exact) mass is 292 g/mol. The molecule has 0 aromatic heterocycles. The number of hydrogen-bond donors (Lipinski definition) is 2. The second-order valence-electron chi connectivity index (χ2n) is 5.59. The van der Waals surface area contributed by atoms with Gasteiger partial charge in [-0.2, -0.15) is 0 Å². The zero-order valence-corrected chi connectivity index (χ0v) is 13.1. The van der Waals surface area contributed by atoms with Gasteiger partial charge >= 0.3 is 6.09 Å². The van der Waals surface area contributed by atoms with Crippen molar-refractivity contribution in [3.05, 3.63) is 35.9 Å². The largest absolute Gasteiger partial charge is 0.445 e. The normalized spacial score (nSPS) is 12.1. The van der Waals surface area contributed by atoms with Crippen molar-refractivity contribution >= 4 is 12.0 Å². The molecule has 0 aliphatic heterocycles. The summed E-state index contributed by atoms with van der Waals surface area (Å²) in [6.45, 7) is 7.69. The summed E-state index contributed by atoms with van der Waals surface area (Å²) in [4.78, 5) is 23.8. The summed E-state index contributed by atoms with van der Waals surface area (Å²) < 4.78 is 5.13. The smallest absolute Gasteiger partial charge is 0.408 e. The fourth-order valence-corrected chi connectivity index (χ4v) is 1.80. The third kappa shape index (κ3) is 6.29. The Morgan fingerprint density at radius 2 is 1.67 bits per heavy atom. The predicted molar refractivity (Wildman–Crippen MR) is 81.7 cm³/mol. The van der Waals surface area contributed by atoms with E-state index < -0.39 is 12.1 Å². The highest BCUT2D eigenvalue weighted by atomic mass is 16.5. The van der Waals surface area contributed by atoms with Crippen LogP contribution in [0.15, 0.2) is 30.3 Å². The molecule has 2 N–H and O–H groups in total. The van der Waals surface area contributed by atoms with Crippen LogP contribution >= 0.6 is 0 Å². The van der Waals surface area contributed by atoms with Gasteiger partial charge in [0.15, 0.2) is 0 Å². The van der Waals surface area contributed by atoms with Gasteiger partial charge in [-0.3, -0.25) is 4.79 Å². The SMILES string of the molecule is CC(C)NC(=O)C(NC(=O)OCc1ccccc1)C(C)C. The average Bonchev–Trinajstić information content (AvgIpc) is 2.42. The van der Waals surface area contributed by atoms with E-state index in [1.165, 1.54) is 0 Å². The van der Waals surface area contributed by atoms with Crippen molar-refractivity contribution in [1.29, 1.82) is 0 Å². The average molecular weight is 292 g/mol. The van der Waals surface area contributed by atoms with Gasteiger partial charge in [0.25, 0.3) is 0 Å². The van der Waals surface area contributed by atoms with Crippen LogP contribution in [0.5, 0.6) is 0 Å². The summed E-state index contributed by atoms with van der Waals surface area (Å²) >= 11 is 0. The molecule has 1 rings (SSSR count). The Morgan fingerprint density at radius 1 is 1.05 bits per heavy atom. The molecule has 1 atom stereocenters. The molecule has 0 fully saturated rings. The summed E-state index contributed by atoms with van der Waals surface area (Å²) in [5.41, 5.74) is 0.903. The number of benzene rings is 1. The maximum absolute atomic E-state index is 12.0. The predicted octanol–water partition coefficient (Wildman–Crippen LogP) is 2.46. The van der Waals surface area contributed by atoms with Crippen molar-refractivity contribution in [2.24, 2.45) is 5.92 Å². The van der Waals surface area contributed by atoms with E-state index in [2.05, 4.69) is 10.6 Å². The van der Waals surface area contributed by atoms with Crippen molar-refractivity contribution in [2.75, 3.05) is 0 Å². The quantitative estimate of drug-likeness (QED) is 0.846. The van der Waals surface area contributed by atoms with Crippen LogP contribution in [0.25, 0.3) is 0 Å².